The zero-order valence-electron chi connectivity index (χ0n) is 21.6. The molecule has 0 saturated heterocycles. The molecule has 188 valence electrons. The van der Waals surface area contributed by atoms with Gasteiger partial charge in [-0.3, -0.25) is 14.5 Å². The molecular formula is C32H28N4O2. The van der Waals surface area contributed by atoms with Crippen molar-refractivity contribution in [3.63, 3.8) is 0 Å². The maximum absolute atomic E-state index is 13.3. The average molecular weight is 501 g/mol. The van der Waals surface area contributed by atoms with Crippen molar-refractivity contribution in [1.29, 1.82) is 0 Å². The molecule has 0 aliphatic carbocycles. The van der Waals surface area contributed by atoms with Crippen LogP contribution in [0.2, 0.25) is 0 Å². The molecule has 1 atom stereocenters. The highest BCUT2D eigenvalue weighted by atomic mass is 16.2. The van der Waals surface area contributed by atoms with Crippen LogP contribution in [0.25, 0.3) is 16.5 Å². The number of nitrogens with zero attached hydrogens (tertiary/aromatic N) is 3. The first kappa shape index (κ1) is 23.7. The Labute approximate surface area is 221 Å². The van der Waals surface area contributed by atoms with E-state index in [4.69, 9.17) is 4.98 Å². The van der Waals surface area contributed by atoms with Gasteiger partial charge in [0.25, 0.3) is 0 Å². The summed E-state index contributed by atoms with van der Waals surface area (Å²) in [5, 5.41) is 4.86. The fourth-order valence-electron chi connectivity index (χ4n) is 5.65. The minimum atomic E-state index is -0.310. The summed E-state index contributed by atoms with van der Waals surface area (Å²) in [6.07, 6.45) is 3.57. The Morgan fingerprint density at radius 1 is 0.842 bits per heavy atom. The van der Waals surface area contributed by atoms with Crippen LogP contribution in [0.3, 0.4) is 0 Å². The Hall–Kier alpha value is -4.71. The van der Waals surface area contributed by atoms with Crippen LogP contribution in [0.5, 0.6) is 0 Å². The molecule has 1 unspecified atom stereocenters. The summed E-state index contributed by atoms with van der Waals surface area (Å²) in [5.41, 5.74) is 6.76. The van der Waals surface area contributed by atoms with Crippen LogP contribution in [0.4, 0.5) is 17.1 Å². The lowest BCUT2D eigenvalue weighted by molar-refractivity contribution is -0.124. The molecule has 0 saturated carbocycles. The van der Waals surface area contributed by atoms with E-state index < -0.39 is 0 Å². The van der Waals surface area contributed by atoms with E-state index in [2.05, 4.69) is 48.9 Å². The number of aryl methyl sites for hydroxylation is 2. The Kier molecular flexibility index (Phi) is 5.80. The van der Waals surface area contributed by atoms with Crippen LogP contribution in [-0.2, 0) is 9.59 Å². The zero-order valence-corrected chi connectivity index (χ0v) is 21.6. The summed E-state index contributed by atoms with van der Waals surface area (Å²) < 4.78 is 2.09. The number of anilines is 3. The number of aromatic nitrogens is 2. The Bertz CT molecular complexity index is 1680. The van der Waals surface area contributed by atoms with Crippen molar-refractivity contribution < 1.29 is 9.59 Å². The van der Waals surface area contributed by atoms with Gasteiger partial charge in [-0.2, -0.15) is 0 Å². The number of amides is 2. The predicted octanol–water partition coefficient (Wildman–Crippen LogP) is 6.80. The van der Waals surface area contributed by atoms with Crippen molar-refractivity contribution in [1.82, 2.24) is 9.55 Å². The molecular weight excluding hydrogens is 472 g/mol. The number of fused-ring (bicyclic) bond motifs is 3. The van der Waals surface area contributed by atoms with Gasteiger partial charge in [0.15, 0.2) is 0 Å². The number of rotatable bonds is 4. The third kappa shape index (κ3) is 3.95. The van der Waals surface area contributed by atoms with Crippen molar-refractivity contribution in [3.8, 4) is 5.69 Å². The predicted molar refractivity (Wildman–Crippen MR) is 151 cm³/mol. The zero-order chi connectivity index (χ0) is 26.4. The van der Waals surface area contributed by atoms with Crippen molar-refractivity contribution in [2.45, 2.75) is 33.1 Å². The van der Waals surface area contributed by atoms with Gasteiger partial charge in [0.1, 0.15) is 12.2 Å². The summed E-state index contributed by atoms with van der Waals surface area (Å²) in [5.74, 6) is 0.481. The molecule has 6 heteroatoms. The number of benzene rings is 4. The van der Waals surface area contributed by atoms with Crippen LogP contribution in [0.15, 0.2) is 91.3 Å². The number of hydrogen-bond acceptors (Lipinski definition) is 3. The molecule has 1 aromatic heterocycles. The molecule has 1 aliphatic heterocycles. The maximum atomic E-state index is 13.3. The summed E-state index contributed by atoms with van der Waals surface area (Å²) in [7, 11) is 0. The van der Waals surface area contributed by atoms with Gasteiger partial charge in [-0.1, -0.05) is 55.5 Å². The number of carbonyl (C=O) groups is 2. The summed E-state index contributed by atoms with van der Waals surface area (Å²) in [6.45, 7) is 6.46. The van der Waals surface area contributed by atoms with E-state index in [1.165, 1.54) is 16.7 Å². The topological polar surface area (TPSA) is 67.2 Å². The van der Waals surface area contributed by atoms with Gasteiger partial charge < -0.3 is 9.88 Å². The maximum Gasteiger partial charge on any atom is 0.241 e. The standard InChI is InChI=1S/C32H28N4O2/c1-20-7-6-8-21(2)30(20)22(3)32-33-17-18-35(32)24-12-14-25(15-13-24)36-27-16-11-23-9-4-5-10-26(23)31(27)34-28(37)19-29(36)38/h4-18,22H,19H2,1-3H3,(H,34,37). The number of nitrogens with one attached hydrogen (secondary N) is 1. The molecule has 0 fully saturated rings. The smallest absolute Gasteiger partial charge is 0.241 e. The van der Waals surface area contributed by atoms with Crippen molar-refractivity contribution in [2.24, 2.45) is 0 Å². The molecule has 2 amide bonds. The Balaban J connectivity index is 1.39. The minimum absolute atomic E-state index is 0.107. The van der Waals surface area contributed by atoms with Crippen LogP contribution >= 0.6 is 0 Å². The van der Waals surface area contributed by atoms with Gasteiger partial charge in [0.2, 0.25) is 11.8 Å². The number of hydrogen-bond donors (Lipinski definition) is 1. The monoisotopic (exact) mass is 500 g/mol. The highest BCUT2D eigenvalue weighted by molar-refractivity contribution is 6.21. The van der Waals surface area contributed by atoms with Gasteiger partial charge in [-0.25, -0.2) is 4.98 Å². The minimum Gasteiger partial charge on any atom is -0.323 e. The molecule has 6 rings (SSSR count). The third-order valence-corrected chi connectivity index (χ3v) is 7.39. The lowest BCUT2D eigenvalue weighted by Crippen LogP contribution is -2.26. The number of imidazole rings is 1. The normalized spacial score (nSPS) is 14.2. The number of carbonyl (C=O) groups excluding carboxylic acids is 2. The molecule has 5 aromatic rings. The second kappa shape index (κ2) is 9.30. The van der Waals surface area contributed by atoms with E-state index in [-0.39, 0.29) is 24.2 Å². The molecule has 4 aromatic carbocycles. The van der Waals surface area contributed by atoms with Crippen LogP contribution in [0, 0.1) is 13.8 Å². The van der Waals surface area contributed by atoms with Gasteiger partial charge >= 0.3 is 0 Å². The van der Waals surface area contributed by atoms with E-state index >= 15 is 0 Å². The molecule has 0 radical (unpaired) electrons. The third-order valence-electron chi connectivity index (χ3n) is 7.39. The molecule has 1 aliphatic rings. The Morgan fingerprint density at radius 2 is 1.55 bits per heavy atom. The summed E-state index contributed by atoms with van der Waals surface area (Å²) in [4.78, 5) is 32.2. The van der Waals surface area contributed by atoms with E-state index in [0.717, 1.165) is 22.3 Å². The highest BCUT2D eigenvalue weighted by Gasteiger charge is 2.29. The largest absolute Gasteiger partial charge is 0.323 e. The van der Waals surface area contributed by atoms with E-state index in [9.17, 15) is 9.59 Å². The fourth-order valence-corrected chi connectivity index (χ4v) is 5.65. The van der Waals surface area contributed by atoms with Crippen LogP contribution < -0.4 is 10.2 Å². The molecule has 38 heavy (non-hydrogen) atoms. The van der Waals surface area contributed by atoms with Gasteiger partial charge in [-0.05, 0) is 66.3 Å². The molecule has 0 spiro atoms. The summed E-state index contributed by atoms with van der Waals surface area (Å²) >= 11 is 0. The summed E-state index contributed by atoms with van der Waals surface area (Å²) in [6, 6.07) is 25.9. The highest BCUT2D eigenvalue weighted by Crippen LogP contribution is 2.40. The molecule has 0 bridgehead atoms. The van der Waals surface area contributed by atoms with Crippen molar-refractivity contribution >= 4 is 39.6 Å². The molecule has 6 nitrogen and oxygen atoms in total. The second-order valence-corrected chi connectivity index (χ2v) is 9.83. The molecule has 2 heterocycles. The van der Waals surface area contributed by atoms with Crippen LogP contribution in [0.1, 0.15) is 41.8 Å². The van der Waals surface area contributed by atoms with Gasteiger partial charge in [0, 0.05) is 35.1 Å². The SMILES string of the molecule is Cc1cccc(C)c1C(C)c1nccn1-c1ccc(N2C(=O)CC(=O)Nc3c2ccc2ccccc32)cc1. The lowest BCUT2D eigenvalue weighted by Gasteiger charge is -2.24. The first-order chi connectivity index (χ1) is 18.4. The fraction of sp³-hybridized carbons (Fsp3) is 0.156. The van der Waals surface area contributed by atoms with Crippen LogP contribution in [-0.4, -0.2) is 21.4 Å². The van der Waals surface area contributed by atoms with Gasteiger partial charge in [-0.15, -0.1) is 0 Å². The first-order valence-electron chi connectivity index (χ1n) is 12.8. The van der Waals surface area contributed by atoms with Gasteiger partial charge in [0.05, 0.1) is 11.4 Å². The Morgan fingerprint density at radius 3 is 2.32 bits per heavy atom. The van der Waals surface area contributed by atoms with E-state index in [0.29, 0.717) is 17.1 Å². The first-order valence-corrected chi connectivity index (χ1v) is 12.8. The van der Waals surface area contributed by atoms with E-state index in [1.807, 2.05) is 73.1 Å². The van der Waals surface area contributed by atoms with Crippen molar-refractivity contribution in [2.75, 3.05) is 10.2 Å². The molecule has 1 N–H and O–H groups in total. The van der Waals surface area contributed by atoms with Crippen molar-refractivity contribution in [3.05, 3.63) is 114 Å². The lowest BCUT2D eigenvalue weighted by atomic mass is 9.91. The second-order valence-electron chi connectivity index (χ2n) is 9.83. The van der Waals surface area contributed by atoms with E-state index in [1.54, 1.807) is 4.90 Å². The quantitative estimate of drug-likeness (QED) is 0.276. The average Bonchev–Trinajstić information content (AvgIpc) is 3.35.